The molecule has 1 atom stereocenters. The summed E-state index contributed by atoms with van der Waals surface area (Å²) in [5.41, 5.74) is 4.06. The Bertz CT molecular complexity index is 852. The quantitative estimate of drug-likeness (QED) is 0.746. The van der Waals surface area contributed by atoms with Gasteiger partial charge >= 0.3 is 11.8 Å². The SMILES string of the molecule is CC(NC(=O)C(=O)Nc1ccc(Cl)cc1Cl)c1ccc2c(c1)CCCC2. The van der Waals surface area contributed by atoms with Crippen molar-refractivity contribution in [1.82, 2.24) is 5.32 Å². The monoisotopic (exact) mass is 390 g/mol. The molecule has 2 N–H and O–H groups in total. The molecule has 0 aromatic heterocycles. The van der Waals surface area contributed by atoms with Gasteiger partial charge in [0.25, 0.3) is 0 Å². The highest BCUT2D eigenvalue weighted by Crippen LogP contribution is 2.26. The van der Waals surface area contributed by atoms with E-state index in [-0.39, 0.29) is 11.1 Å². The maximum Gasteiger partial charge on any atom is 0.313 e. The molecule has 1 aliphatic rings. The summed E-state index contributed by atoms with van der Waals surface area (Å²) < 4.78 is 0. The summed E-state index contributed by atoms with van der Waals surface area (Å²) in [4.78, 5) is 24.3. The highest BCUT2D eigenvalue weighted by molar-refractivity contribution is 6.42. The highest BCUT2D eigenvalue weighted by atomic mass is 35.5. The van der Waals surface area contributed by atoms with Crippen LogP contribution in [0.1, 0.15) is 42.5 Å². The number of carbonyl (C=O) groups is 2. The second-order valence-electron chi connectivity index (χ2n) is 6.51. The predicted molar refractivity (Wildman–Crippen MR) is 105 cm³/mol. The summed E-state index contributed by atoms with van der Waals surface area (Å²) in [5, 5.41) is 5.97. The average molecular weight is 391 g/mol. The molecule has 0 saturated heterocycles. The zero-order chi connectivity index (χ0) is 18.7. The van der Waals surface area contributed by atoms with Gasteiger partial charge in [0.05, 0.1) is 16.8 Å². The highest BCUT2D eigenvalue weighted by Gasteiger charge is 2.19. The van der Waals surface area contributed by atoms with Crippen LogP contribution in [0.2, 0.25) is 10.0 Å². The molecule has 0 saturated carbocycles. The van der Waals surface area contributed by atoms with Gasteiger partial charge in [0.2, 0.25) is 0 Å². The third kappa shape index (κ3) is 4.37. The van der Waals surface area contributed by atoms with Gasteiger partial charge in [0.1, 0.15) is 0 Å². The Labute approximate surface area is 162 Å². The topological polar surface area (TPSA) is 58.2 Å². The second-order valence-corrected chi connectivity index (χ2v) is 7.35. The molecule has 136 valence electrons. The molecule has 0 heterocycles. The van der Waals surface area contributed by atoms with Crippen LogP contribution in [0.5, 0.6) is 0 Å². The molecule has 2 aromatic rings. The average Bonchev–Trinajstić information content (AvgIpc) is 2.63. The number of hydrogen-bond donors (Lipinski definition) is 2. The molecule has 3 rings (SSSR count). The molecule has 0 radical (unpaired) electrons. The van der Waals surface area contributed by atoms with E-state index in [0.717, 1.165) is 18.4 Å². The Morgan fingerprint density at radius 2 is 1.69 bits per heavy atom. The summed E-state index contributed by atoms with van der Waals surface area (Å²) in [7, 11) is 0. The van der Waals surface area contributed by atoms with E-state index in [9.17, 15) is 9.59 Å². The lowest BCUT2D eigenvalue weighted by molar-refractivity contribution is -0.136. The van der Waals surface area contributed by atoms with Gasteiger partial charge in [-0.2, -0.15) is 0 Å². The van der Waals surface area contributed by atoms with Gasteiger partial charge in [-0.15, -0.1) is 0 Å². The smallest absolute Gasteiger partial charge is 0.313 e. The molecular formula is C20H20Cl2N2O2. The van der Waals surface area contributed by atoms with Gasteiger partial charge in [0.15, 0.2) is 0 Å². The lowest BCUT2D eigenvalue weighted by Crippen LogP contribution is -2.37. The van der Waals surface area contributed by atoms with Gasteiger partial charge < -0.3 is 10.6 Å². The number of hydrogen-bond acceptors (Lipinski definition) is 2. The van der Waals surface area contributed by atoms with Crippen molar-refractivity contribution in [3.8, 4) is 0 Å². The molecule has 26 heavy (non-hydrogen) atoms. The van der Waals surface area contributed by atoms with E-state index in [0.29, 0.717) is 10.7 Å². The minimum absolute atomic E-state index is 0.263. The van der Waals surface area contributed by atoms with E-state index in [2.05, 4.69) is 22.8 Å². The number of fused-ring (bicyclic) bond motifs is 1. The molecule has 0 aliphatic heterocycles. The predicted octanol–water partition coefficient (Wildman–Crippen LogP) is 4.69. The number of rotatable bonds is 3. The lowest BCUT2D eigenvalue weighted by Gasteiger charge is -2.20. The standard InChI is InChI=1S/C20H20Cl2N2O2/c1-12(14-7-6-13-4-2-3-5-15(13)10-14)23-19(25)20(26)24-18-9-8-16(21)11-17(18)22/h6-12H,2-5H2,1H3,(H,23,25)(H,24,26). The van der Waals surface area contributed by atoms with Crippen molar-refractivity contribution in [2.75, 3.05) is 5.32 Å². The molecule has 2 aromatic carbocycles. The summed E-state index contributed by atoms with van der Waals surface area (Å²) in [6.07, 6.45) is 4.60. The van der Waals surface area contributed by atoms with Crippen LogP contribution in [0.3, 0.4) is 0 Å². The van der Waals surface area contributed by atoms with E-state index in [4.69, 9.17) is 23.2 Å². The summed E-state index contributed by atoms with van der Waals surface area (Å²) in [6, 6.07) is 10.7. The van der Waals surface area contributed by atoms with Crippen molar-refractivity contribution < 1.29 is 9.59 Å². The zero-order valence-electron chi connectivity index (χ0n) is 14.4. The Kier molecular flexibility index (Phi) is 5.84. The number of anilines is 1. The van der Waals surface area contributed by atoms with Crippen molar-refractivity contribution in [2.45, 2.75) is 38.6 Å². The Balaban J connectivity index is 1.64. The fraction of sp³-hybridized carbons (Fsp3) is 0.300. The van der Waals surface area contributed by atoms with E-state index in [1.54, 1.807) is 12.1 Å². The molecule has 1 aliphatic carbocycles. The third-order valence-corrected chi connectivity index (χ3v) is 5.15. The fourth-order valence-electron chi connectivity index (χ4n) is 3.14. The first-order valence-corrected chi connectivity index (χ1v) is 9.38. The molecule has 2 amide bonds. The van der Waals surface area contributed by atoms with Crippen LogP contribution in [-0.4, -0.2) is 11.8 Å². The minimum Gasteiger partial charge on any atom is -0.341 e. The summed E-state index contributed by atoms with van der Waals surface area (Å²) in [5.74, 6) is -1.47. The van der Waals surface area contributed by atoms with Gasteiger partial charge in [-0.1, -0.05) is 41.4 Å². The first-order valence-electron chi connectivity index (χ1n) is 8.62. The van der Waals surface area contributed by atoms with Crippen LogP contribution < -0.4 is 10.6 Å². The van der Waals surface area contributed by atoms with Crippen LogP contribution in [0.15, 0.2) is 36.4 Å². The van der Waals surface area contributed by atoms with E-state index < -0.39 is 11.8 Å². The Morgan fingerprint density at radius 1 is 0.962 bits per heavy atom. The molecule has 0 spiro atoms. The third-order valence-electron chi connectivity index (χ3n) is 4.61. The van der Waals surface area contributed by atoms with Crippen LogP contribution in [-0.2, 0) is 22.4 Å². The fourth-order valence-corrected chi connectivity index (χ4v) is 3.59. The first kappa shape index (κ1) is 18.7. The number of nitrogens with one attached hydrogen (secondary N) is 2. The Morgan fingerprint density at radius 3 is 2.42 bits per heavy atom. The van der Waals surface area contributed by atoms with Crippen LogP contribution in [0.4, 0.5) is 5.69 Å². The van der Waals surface area contributed by atoms with Crippen molar-refractivity contribution in [3.05, 3.63) is 63.1 Å². The number of aryl methyl sites for hydroxylation is 2. The first-order chi connectivity index (χ1) is 12.4. The van der Waals surface area contributed by atoms with E-state index in [1.807, 2.05) is 13.0 Å². The zero-order valence-corrected chi connectivity index (χ0v) is 16.0. The van der Waals surface area contributed by atoms with Crippen LogP contribution in [0, 0.1) is 0 Å². The number of carbonyl (C=O) groups excluding carboxylic acids is 2. The van der Waals surface area contributed by atoms with Crippen molar-refractivity contribution >= 4 is 40.7 Å². The van der Waals surface area contributed by atoms with E-state index >= 15 is 0 Å². The molecule has 0 bridgehead atoms. The molecule has 0 fully saturated rings. The van der Waals surface area contributed by atoms with Gasteiger partial charge in [-0.25, -0.2) is 0 Å². The van der Waals surface area contributed by atoms with Gasteiger partial charge in [-0.3, -0.25) is 9.59 Å². The van der Waals surface area contributed by atoms with Crippen molar-refractivity contribution in [3.63, 3.8) is 0 Å². The second kappa shape index (κ2) is 8.11. The summed E-state index contributed by atoms with van der Waals surface area (Å²) in [6.45, 7) is 1.87. The van der Waals surface area contributed by atoms with Crippen molar-refractivity contribution in [1.29, 1.82) is 0 Å². The van der Waals surface area contributed by atoms with Gasteiger partial charge in [0, 0.05) is 5.02 Å². The molecule has 1 unspecified atom stereocenters. The maximum absolute atomic E-state index is 12.2. The van der Waals surface area contributed by atoms with Crippen LogP contribution >= 0.6 is 23.2 Å². The number of benzene rings is 2. The lowest BCUT2D eigenvalue weighted by atomic mass is 9.89. The molecule has 6 heteroatoms. The Hall–Kier alpha value is -2.04. The molecular weight excluding hydrogens is 371 g/mol. The largest absolute Gasteiger partial charge is 0.341 e. The molecule has 4 nitrogen and oxygen atoms in total. The van der Waals surface area contributed by atoms with Gasteiger partial charge in [-0.05, 0) is 67.5 Å². The maximum atomic E-state index is 12.2. The summed E-state index contributed by atoms with van der Waals surface area (Å²) >= 11 is 11.8. The number of halogens is 2. The minimum atomic E-state index is -0.765. The van der Waals surface area contributed by atoms with Crippen LogP contribution in [0.25, 0.3) is 0 Å². The number of amides is 2. The van der Waals surface area contributed by atoms with E-state index in [1.165, 1.54) is 30.0 Å². The van der Waals surface area contributed by atoms with Crippen molar-refractivity contribution in [2.24, 2.45) is 0 Å². The normalized spacial score (nSPS) is 14.3.